The third kappa shape index (κ3) is 4.09. The number of phenolic OH excluding ortho intramolecular Hbond substituents is 1. The number of hydrogen-bond donors (Lipinski definition) is 5. The fourth-order valence-electron chi connectivity index (χ4n) is 6.98. The molecule has 0 heterocycles. The van der Waals surface area contributed by atoms with E-state index >= 15 is 0 Å². The molecule has 0 aromatic heterocycles. The van der Waals surface area contributed by atoms with Crippen LogP contribution >= 0.6 is 0 Å². The topological polar surface area (TPSA) is 171 Å². The monoisotopic (exact) mass is 550 g/mol. The largest absolute Gasteiger partial charge is 0.508 e. The quantitative estimate of drug-likeness (QED) is 0.330. The second kappa shape index (κ2) is 10.0. The Morgan fingerprint density at radius 1 is 1.10 bits per heavy atom. The molecular weight excluding hydrogens is 516 g/mol. The van der Waals surface area contributed by atoms with E-state index in [2.05, 4.69) is 0 Å². The zero-order chi connectivity index (χ0) is 29.1. The number of carbonyl (C=O) groups excluding carboxylic acids is 3. The Labute approximate surface area is 231 Å². The van der Waals surface area contributed by atoms with E-state index in [0.717, 1.165) is 16.9 Å². The lowest BCUT2D eigenvalue weighted by Crippen LogP contribution is -2.71. The lowest BCUT2D eigenvalue weighted by atomic mass is 9.56. The van der Waals surface area contributed by atoms with Crippen molar-refractivity contribution in [1.82, 2.24) is 4.90 Å². The van der Waals surface area contributed by atoms with Gasteiger partial charge in [-0.15, -0.1) is 0 Å². The number of aryl methyl sites for hydroxylation is 2. The maximum atomic E-state index is 13.8. The summed E-state index contributed by atoms with van der Waals surface area (Å²) in [4.78, 5) is 41.0. The smallest absolute Gasteiger partial charge is 0.230 e. The maximum absolute atomic E-state index is 13.8. The van der Waals surface area contributed by atoms with Crippen LogP contribution in [-0.4, -0.2) is 81.8 Å². The Morgan fingerprint density at radius 3 is 2.38 bits per heavy atom. The van der Waals surface area contributed by atoms with Crippen LogP contribution in [0, 0.1) is 17.8 Å². The number of fused-ring (bicyclic) bond motifs is 3. The number of aromatic hydroxyl groups is 1. The number of ketones is 2. The number of nitrogens with two attached hydrogens (primary N) is 1. The molecule has 3 aliphatic carbocycles. The van der Waals surface area contributed by atoms with Crippen LogP contribution in [0.25, 0.3) is 0 Å². The molecule has 10 nitrogen and oxygen atoms in total. The Morgan fingerprint density at radius 2 is 1.77 bits per heavy atom. The number of methoxy groups -OCH3 is 1. The summed E-state index contributed by atoms with van der Waals surface area (Å²) in [7, 11) is 4.87. The molecule has 0 spiro atoms. The van der Waals surface area contributed by atoms with E-state index in [0.29, 0.717) is 18.4 Å². The lowest BCUT2D eigenvalue weighted by Gasteiger charge is -2.53. The number of primary amides is 1. The van der Waals surface area contributed by atoms with E-state index in [-0.39, 0.29) is 29.7 Å². The molecule has 0 radical (unpaired) electrons. The minimum atomic E-state index is -2.59. The average molecular weight is 551 g/mol. The number of rotatable bonds is 6. The molecule has 1 amide bonds. The van der Waals surface area contributed by atoms with Gasteiger partial charge >= 0.3 is 0 Å². The van der Waals surface area contributed by atoms with E-state index in [1.165, 1.54) is 6.07 Å². The molecule has 2 aromatic rings. The minimum Gasteiger partial charge on any atom is -0.508 e. The molecule has 2 aromatic carbocycles. The second-order valence-electron chi connectivity index (χ2n) is 11.2. The van der Waals surface area contributed by atoms with Crippen LogP contribution in [0.4, 0.5) is 0 Å². The summed E-state index contributed by atoms with van der Waals surface area (Å²) in [6.07, 6.45) is 0.129. The average Bonchev–Trinajstić information content (AvgIpc) is 2.90. The lowest BCUT2D eigenvalue weighted by molar-refractivity contribution is -0.178. The number of aliphatic hydroxyl groups is 3. The second-order valence-corrected chi connectivity index (χ2v) is 11.2. The highest BCUT2D eigenvalue weighted by Gasteiger charge is 2.66. The molecule has 212 valence electrons. The molecule has 3 aliphatic rings. The van der Waals surface area contributed by atoms with Crippen LogP contribution < -0.4 is 10.5 Å². The molecular formula is C30H34N2O8. The number of likely N-dealkylation sites (N-methyl/N-ethyl adjacent to an activating group) is 1. The zero-order valence-corrected chi connectivity index (χ0v) is 22.6. The highest BCUT2D eigenvalue weighted by Crippen LogP contribution is 2.52. The number of ether oxygens (including phenoxy) is 1. The fourth-order valence-corrected chi connectivity index (χ4v) is 6.98. The normalized spacial score (nSPS) is 29.6. The van der Waals surface area contributed by atoms with Crippen LogP contribution in [0.1, 0.15) is 33.5 Å². The molecule has 1 fully saturated rings. The van der Waals surface area contributed by atoms with Crippen LogP contribution in [0.15, 0.2) is 47.7 Å². The van der Waals surface area contributed by atoms with Gasteiger partial charge in [0.15, 0.2) is 17.2 Å². The zero-order valence-electron chi connectivity index (χ0n) is 22.6. The third-order valence-electron chi connectivity index (χ3n) is 8.92. The first-order valence-electron chi connectivity index (χ1n) is 13.3. The molecule has 10 heteroatoms. The molecule has 40 heavy (non-hydrogen) atoms. The summed E-state index contributed by atoms with van der Waals surface area (Å²) >= 11 is 0. The Balaban J connectivity index is 1.57. The van der Waals surface area contributed by atoms with E-state index in [1.807, 2.05) is 24.3 Å². The van der Waals surface area contributed by atoms with E-state index in [1.54, 1.807) is 32.2 Å². The van der Waals surface area contributed by atoms with Gasteiger partial charge < -0.3 is 35.8 Å². The molecule has 0 bridgehead atoms. The van der Waals surface area contributed by atoms with Crippen molar-refractivity contribution in [2.24, 2.45) is 23.5 Å². The van der Waals surface area contributed by atoms with E-state index in [9.17, 15) is 34.8 Å². The van der Waals surface area contributed by atoms with Gasteiger partial charge in [-0.3, -0.25) is 14.4 Å². The number of nitrogens with zero attached hydrogens (tertiary/aromatic N) is 1. The number of Topliss-reactive ketones (excluding diaryl/α,β-unsaturated/α-hetero) is 2. The molecule has 2 unspecified atom stereocenters. The van der Waals surface area contributed by atoms with Crippen molar-refractivity contribution in [3.8, 4) is 11.5 Å². The van der Waals surface area contributed by atoms with Gasteiger partial charge in [0.1, 0.15) is 23.2 Å². The molecule has 0 saturated heterocycles. The SMILES string of the molecule is COc1ccc(CCc2ccc(O)c3c2C[C@H]2C[C@H]4[C@H](N(C)C)C(O)C(C(N)=O)C(=O)[C@@]4(O)C(O)=C2C3=O)cc1. The Kier molecular flexibility index (Phi) is 6.98. The van der Waals surface area contributed by atoms with Crippen LogP contribution in [0.5, 0.6) is 11.5 Å². The van der Waals surface area contributed by atoms with Crippen LogP contribution in [0.2, 0.25) is 0 Å². The van der Waals surface area contributed by atoms with Gasteiger partial charge in [0.2, 0.25) is 5.91 Å². The molecule has 0 aliphatic heterocycles. The van der Waals surface area contributed by atoms with Crippen LogP contribution in [-0.2, 0) is 28.9 Å². The van der Waals surface area contributed by atoms with Crippen molar-refractivity contribution < 1.29 is 39.5 Å². The number of benzene rings is 2. The van der Waals surface area contributed by atoms with Crippen LogP contribution in [0.3, 0.4) is 0 Å². The van der Waals surface area contributed by atoms with Crippen molar-refractivity contribution in [2.75, 3.05) is 21.2 Å². The summed E-state index contributed by atoms with van der Waals surface area (Å²) in [6, 6.07) is 9.99. The Hall–Kier alpha value is -3.73. The number of carbonyl (C=O) groups is 3. The molecule has 6 N–H and O–H groups in total. The first-order chi connectivity index (χ1) is 18.9. The van der Waals surface area contributed by atoms with Gasteiger partial charge in [-0.1, -0.05) is 18.2 Å². The minimum absolute atomic E-state index is 0.0333. The van der Waals surface area contributed by atoms with Gasteiger partial charge in [0.25, 0.3) is 0 Å². The van der Waals surface area contributed by atoms with Gasteiger partial charge in [-0.05, 0) is 80.6 Å². The summed E-state index contributed by atoms with van der Waals surface area (Å²) in [5.41, 5.74) is 5.31. The third-order valence-corrected chi connectivity index (χ3v) is 8.92. The number of aliphatic hydroxyl groups excluding tert-OH is 2. The van der Waals surface area contributed by atoms with Gasteiger partial charge in [0.05, 0.1) is 18.8 Å². The van der Waals surface area contributed by atoms with E-state index in [4.69, 9.17) is 10.5 Å². The summed E-state index contributed by atoms with van der Waals surface area (Å²) in [6.45, 7) is 0. The number of phenols is 1. The van der Waals surface area contributed by atoms with Crippen molar-refractivity contribution in [2.45, 2.75) is 43.4 Å². The first kappa shape index (κ1) is 27.8. The van der Waals surface area contributed by atoms with Crippen molar-refractivity contribution in [1.29, 1.82) is 0 Å². The number of amides is 1. The first-order valence-corrected chi connectivity index (χ1v) is 13.3. The van der Waals surface area contributed by atoms with Crippen molar-refractivity contribution in [3.05, 3.63) is 70.0 Å². The van der Waals surface area contributed by atoms with Crippen molar-refractivity contribution >= 4 is 17.5 Å². The molecule has 6 atom stereocenters. The predicted octanol–water partition coefficient (Wildman–Crippen LogP) is 1.08. The highest BCUT2D eigenvalue weighted by atomic mass is 16.5. The summed E-state index contributed by atoms with van der Waals surface area (Å²) < 4.78 is 5.22. The highest BCUT2D eigenvalue weighted by molar-refractivity contribution is 6.15. The Bertz CT molecular complexity index is 1420. The maximum Gasteiger partial charge on any atom is 0.230 e. The van der Waals surface area contributed by atoms with Gasteiger partial charge in [-0.25, -0.2) is 0 Å². The summed E-state index contributed by atoms with van der Waals surface area (Å²) in [5, 5.41) is 44.9. The standard InChI is InChI=1S/C30H34N2O8/c1-32(2)24-19-13-16-12-18-15(7-4-14-5-9-17(40-3)10-6-14)8-11-20(33)22(18)25(34)21(16)27(36)30(19,39)28(37)23(26(24)35)29(31)38/h5-6,8-11,16,19,23-24,26,33,35-36,39H,4,7,12-13H2,1-3H3,(H2,31,38)/t16-,19-,23?,24-,26?,30-/m0/s1. The number of allylic oxidation sites excluding steroid dienone is 1. The molecule has 1 saturated carbocycles. The van der Waals surface area contributed by atoms with E-state index < -0.39 is 58.7 Å². The van der Waals surface area contributed by atoms with Gasteiger partial charge in [0, 0.05) is 17.5 Å². The predicted molar refractivity (Wildman–Crippen MR) is 144 cm³/mol. The molecule has 5 rings (SSSR count). The fraction of sp³-hybridized carbons (Fsp3) is 0.433. The van der Waals surface area contributed by atoms with Crippen molar-refractivity contribution in [3.63, 3.8) is 0 Å². The number of hydrogen-bond acceptors (Lipinski definition) is 9. The van der Waals surface area contributed by atoms with Gasteiger partial charge in [-0.2, -0.15) is 0 Å². The summed E-state index contributed by atoms with van der Waals surface area (Å²) in [5.74, 6) is -6.63.